The summed E-state index contributed by atoms with van der Waals surface area (Å²) in [5.74, 6) is -0.889. The van der Waals surface area contributed by atoms with Gasteiger partial charge >= 0.3 is 5.97 Å². The SMILES string of the molecule is O=C(O)CCCC(=O)NCc1ccc(N2CCCC2=O)cc1. The number of hydrogen-bond acceptors (Lipinski definition) is 3. The van der Waals surface area contributed by atoms with Gasteiger partial charge in [0.05, 0.1) is 0 Å². The van der Waals surface area contributed by atoms with Crippen molar-refractivity contribution in [1.29, 1.82) is 0 Å². The molecule has 0 unspecified atom stereocenters. The van der Waals surface area contributed by atoms with Crippen molar-refractivity contribution in [2.75, 3.05) is 11.4 Å². The van der Waals surface area contributed by atoms with Crippen molar-refractivity contribution < 1.29 is 19.5 Å². The van der Waals surface area contributed by atoms with Gasteiger partial charge < -0.3 is 15.3 Å². The van der Waals surface area contributed by atoms with Crippen molar-refractivity contribution in [3.8, 4) is 0 Å². The van der Waals surface area contributed by atoms with Crippen LogP contribution in [0.5, 0.6) is 0 Å². The van der Waals surface area contributed by atoms with Crippen LogP contribution in [-0.4, -0.2) is 29.4 Å². The molecule has 0 saturated carbocycles. The topological polar surface area (TPSA) is 86.7 Å². The fourth-order valence-corrected chi connectivity index (χ4v) is 2.40. The number of carbonyl (C=O) groups is 3. The van der Waals surface area contributed by atoms with Gasteiger partial charge in [-0.15, -0.1) is 0 Å². The molecule has 1 aromatic carbocycles. The van der Waals surface area contributed by atoms with Crippen LogP contribution >= 0.6 is 0 Å². The third-order valence-corrected chi connectivity index (χ3v) is 3.61. The number of anilines is 1. The highest BCUT2D eigenvalue weighted by atomic mass is 16.4. The van der Waals surface area contributed by atoms with Crippen molar-refractivity contribution in [2.45, 2.75) is 38.6 Å². The monoisotopic (exact) mass is 304 g/mol. The normalized spacial score (nSPS) is 14.2. The van der Waals surface area contributed by atoms with E-state index >= 15 is 0 Å². The minimum atomic E-state index is -0.889. The second-order valence-electron chi connectivity index (χ2n) is 5.34. The van der Waals surface area contributed by atoms with E-state index in [0.29, 0.717) is 19.4 Å². The van der Waals surface area contributed by atoms with Crippen molar-refractivity contribution in [2.24, 2.45) is 0 Å². The third kappa shape index (κ3) is 4.58. The minimum Gasteiger partial charge on any atom is -0.481 e. The highest BCUT2D eigenvalue weighted by Gasteiger charge is 2.21. The molecule has 0 aliphatic carbocycles. The van der Waals surface area contributed by atoms with E-state index in [4.69, 9.17) is 5.11 Å². The van der Waals surface area contributed by atoms with Crippen LogP contribution in [0.3, 0.4) is 0 Å². The van der Waals surface area contributed by atoms with E-state index in [1.165, 1.54) is 0 Å². The van der Waals surface area contributed by atoms with Gasteiger partial charge in [0.25, 0.3) is 0 Å². The molecule has 118 valence electrons. The Labute approximate surface area is 129 Å². The van der Waals surface area contributed by atoms with Gasteiger partial charge in [-0.25, -0.2) is 0 Å². The Morgan fingerprint density at radius 1 is 1.18 bits per heavy atom. The summed E-state index contributed by atoms with van der Waals surface area (Å²) in [4.78, 5) is 35.3. The molecular weight excluding hydrogens is 284 g/mol. The predicted molar refractivity (Wildman–Crippen MR) is 81.4 cm³/mol. The van der Waals surface area contributed by atoms with E-state index in [0.717, 1.165) is 24.2 Å². The standard InChI is InChI=1S/C16H20N2O4/c19-14(3-1-5-16(21)22)17-11-12-6-8-13(9-7-12)18-10-2-4-15(18)20/h6-9H,1-5,10-11H2,(H,17,19)(H,21,22). The lowest BCUT2D eigenvalue weighted by Gasteiger charge is -2.16. The van der Waals surface area contributed by atoms with Gasteiger partial charge in [0, 0.05) is 38.0 Å². The Bertz CT molecular complexity index is 554. The molecule has 6 heteroatoms. The van der Waals surface area contributed by atoms with E-state index in [2.05, 4.69) is 5.32 Å². The van der Waals surface area contributed by atoms with Gasteiger partial charge in [0.1, 0.15) is 0 Å². The predicted octanol–water partition coefficient (Wildman–Crippen LogP) is 1.68. The Balaban J connectivity index is 1.78. The number of rotatable bonds is 7. The summed E-state index contributed by atoms with van der Waals surface area (Å²) in [5, 5.41) is 11.3. The molecule has 1 aromatic rings. The smallest absolute Gasteiger partial charge is 0.303 e. The fraction of sp³-hybridized carbons (Fsp3) is 0.438. The van der Waals surface area contributed by atoms with Gasteiger partial charge in [-0.2, -0.15) is 0 Å². The first-order valence-electron chi connectivity index (χ1n) is 7.44. The van der Waals surface area contributed by atoms with Crippen molar-refractivity contribution in [3.05, 3.63) is 29.8 Å². The van der Waals surface area contributed by atoms with Gasteiger partial charge in [0.2, 0.25) is 11.8 Å². The zero-order valence-corrected chi connectivity index (χ0v) is 12.4. The molecule has 2 rings (SSSR count). The molecule has 0 bridgehead atoms. The highest BCUT2D eigenvalue weighted by Crippen LogP contribution is 2.21. The number of benzene rings is 1. The summed E-state index contributed by atoms with van der Waals surface area (Å²) in [6, 6.07) is 7.54. The molecule has 0 radical (unpaired) electrons. The molecule has 0 atom stereocenters. The van der Waals surface area contributed by atoms with E-state index in [1.807, 2.05) is 24.3 Å². The summed E-state index contributed by atoms with van der Waals surface area (Å²) in [6.07, 6.45) is 2.07. The first-order chi connectivity index (χ1) is 10.6. The molecule has 1 aliphatic rings. The second-order valence-corrected chi connectivity index (χ2v) is 5.34. The molecule has 1 fully saturated rings. The summed E-state index contributed by atoms with van der Waals surface area (Å²) < 4.78 is 0. The van der Waals surface area contributed by atoms with Crippen LogP contribution in [-0.2, 0) is 20.9 Å². The molecular formula is C16H20N2O4. The Morgan fingerprint density at radius 3 is 2.50 bits per heavy atom. The van der Waals surface area contributed by atoms with E-state index < -0.39 is 5.97 Å². The van der Waals surface area contributed by atoms with Gasteiger partial charge in [-0.3, -0.25) is 14.4 Å². The molecule has 2 amide bonds. The Kier molecular flexibility index (Phi) is 5.52. The summed E-state index contributed by atoms with van der Waals surface area (Å²) in [7, 11) is 0. The molecule has 0 spiro atoms. The maximum absolute atomic E-state index is 11.7. The average molecular weight is 304 g/mol. The summed E-state index contributed by atoms with van der Waals surface area (Å²) in [5.41, 5.74) is 1.83. The van der Waals surface area contributed by atoms with Crippen molar-refractivity contribution in [1.82, 2.24) is 5.32 Å². The Morgan fingerprint density at radius 2 is 1.91 bits per heavy atom. The third-order valence-electron chi connectivity index (χ3n) is 3.61. The van der Waals surface area contributed by atoms with Crippen LogP contribution in [0.2, 0.25) is 0 Å². The van der Waals surface area contributed by atoms with Gasteiger partial charge in [-0.1, -0.05) is 12.1 Å². The number of carboxylic acid groups (broad SMARTS) is 1. The number of aliphatic carboxylic acids is 1. The zero-order valence-electron chi connectivity index (χ0n) is 12.4. The number of nitrogens with one attached hydrogen (secondary N) is 1. The first kappa shape index (κ1) is 16.0. The molecule has 2 N–H and O–H groups in total. The van der Waals surface area contributed by atoms with Gasteiger partial charge in [-0.05, 0) is 30.5 Å². The molecule has 1 heterocycles. The highest BCUT2D eigenvalue weighted by molar-refractivity contribution is 5.95. The van der Waals surface area contributed by atoms with E-state index in [1.54, 1.807) is 4.90 Å². The maximum atomic E-state index is 11.7. The summed E-state index contributed by atoms with van der Waals surface area (Å²) in [6.45, 7) is 1.17. The number of nitrogens with zero attached hydrogens (tertiary/aromatic N) is 1. The molecule has 1 aliphatic heterocycles. The van der Waals surface area contributed by atoms with Crippen LogP contribution in [0.1, 0.15) is 37.7 Å². The molecule has 6 nitrogen and oxygen atoms in total. The number of amides is 2. The van der Waals surface area contributed by atoms with Crippen LogP contribution in [0, 0.1) is 0 Å². The minimum absolute atomic E-state index is 0.00593. The summed E-state index contributed by atoms with van der Waals surface area (Å²) >= 11 is 0. The van der Waals surface area contributed by atoms with Crippen LogP contribution in [0.15, 0.2) is 24.3 Å². The van der Waals surface area contributed by atoms with Crippen LogP contribution in [0.4, 0.5) is 5.69 Å². The molecule has 1 saturated heterocycles. The molecule has 22 heavy (non-hydrogen) atoms. The maximum Gasteiger partial charge on any atom is 0.303 e. The van der Waals surface area contributed by atoms with Crippen LogP contribution < -0.4 is 10.2 Å². The molecule has 0 aromatic heterocycles. The van der Waals surface area contributed by atoms with Crippen molar-refractivity contribution in [3.63, 3.8) is 0 Å². The fourth-order valence-electron chi connectivity index (χ4n) is 2.40. The largest absolute Gasteiger partial charge is 0.481 e. The lowest BCUT2D eigenvalue weighted by molar-refractivity contribution is -0.137. The quantitative estimate of drug-likeness (QED) is 0.802. The zero-order chi connectivity index (χ0) is 15.9. The lowest BCUT2D eigenvalue weighted by Crippen LogP contribution is -2.24. The Hall–Kier alpha value is -2.37. The number of carbonyl (C=O) groups excluding carboxylic acids is 2. The second kappa shape index (κ2) is 7.59. The number of carboxylic acids is 1. The van der Waals surface area contributed by atoms with Crippen LogP contribution in [0.25, 0.3) is 0 Å². The lowest BCUT2D eigenvalue weighted by atomic mass is 10.2. The average Bonchev–Trinajstić information content (AvgIpc) is 2.91. The number of hydrogen-bond donors (Lipinski definition) is 2. The van der Waals surface area contributed by atoms with E-state index in [9.17, 15) is 14.4 Å². The van der Waals surface area contributed by atoms with E-state index in [-0.39, 0.29) is 24.7 Å². The first-order valence-corrected chi connectivity index (χ1v) is 7.44. The van der Waals surface area contributed by atoms with Crippen molar-refractivity contribution >= 4 is 23.5 Å². The van der Waals surface area contributed by atoms with Gasteiger partial charge in [0.15, 0.2) is 0 Å².